The van der Waals surface area contributed by atoms with E-state index in [4.69, 9.17) is 4.74 Å². The summed E-state index contributed by atoms with van der Waals surface area (Å²) in [5.41, 5.74) is 4.26. The van der Waals surface area contributed by atoms with Gasteiger partial charge in [-0.15, -0.1) is 0 Å². The first-order valence-corrected chi connectivity index (χ1v) is 10.1. The number of benzene rings is 2. The number of nitrogens with zero attached hydrogens (tertiary/aromatic N) is 1. The summed E-state index contributed by atoms with van der Waals surface area (Å²) in [6.07, 6.45) is 0.847. The maximum atomic E-state index is 13.0. The minimum absolute atomic E-state index is 0.111. The first kappa shape index (κ1) is 22.5. The van der Waals surface area contributed by atoms with Crippen molar-refractivity contribution in [1.82, 2.24) is 10.2 Å². The quantitative estimate of drug-likeness (QED) is 0.699. The van der Waals surface area contributed by atoms with Crippen molar-refractivity contribution < 1.29 is 14.3 Å². The molecule has 0 bridgehead atoms. The Morgan fingerprint density at radius 1 is 1.03 bits per heavy atom. The minimum Gasteiger partial charge on any atom is -0.484 e. The van der Waals surface area contributed by atoms with Gasteiger partial charge in [0.2, 0.25) is 5.91 Å². The van der Waals surface area contributed by atoms with Crippen LogP contribution in [0.1, 0.15) is 42.5 Å². The number of carbonyl (C=O) groups excluding carboxylic acids is 2. The van der Waals surface area contributed by atoms with Crippen molar-refractivity contribution in [2.75, 3.05) is 13.2 Å². The van der Waals surface area contributed by atoms with E-state index in [0.717, 1.165) is 28.7 Å². The van der Waals surface area contributed by atoms with Crippen molar-refractivity contribution in [2.24, 2.45) is 0 Å². The van der Waals surface area contributed by atoms with Gasteiger partial charge in [0.15, 0.2) is 6.61 Å². The highest BCUT2D eigenvalue weighted by Crippen LogP contribution is 2.17. The SMILES string of the molecule is CCCNC(=O)[C@@H](C)N(Cc1cccc(C)c1)C(=O)COc1cc(C)cc(C)c1. The molecule has 2 aromatic carbocycles. The van der Waals surface area contributed by atoms with Crippen LogP contribution >= 0.6 is 0 Å². The molecular formula is C24H32N2O3. The van der Waals surface area contributed by atoms with Crippen LogP contribution in [0.3, 0.4) is 0 Å². The zero-order chi connectivity index (χ0) is 21.4. The topological polar surface area (TPSA) is 58.6 Å². The van der Waals surface area contributed by atoms with E-state index >= 15 is 0 Å². The number of rotatable bonds is 9. The summed E-state index contributed by atoms with van der Waals surface area (Å²) in [7, 11) is 0. The van der Waals surface area contributed by atoms with Gasteiger partial charge in [-0.25, -0.2) is 0 Å². The van der Waals surface area contributed by atoms with Crippen molar-refractivity contribution in [3.63, 3.8) is 0 Å². The molecule has 1 N–H and O–H groups in total. The van der Waals surface area contributed by atoms with Crippen LogP contribution in [0.2, 0.25) is 0 Å². The Labute approximate surface area is 174 Å². The molecule has 156 valence electrons. The molecule has 0 aliphatic rings. The van der Waals surface area contributed by atoms with Gasteiger partial charge in [-0.05, 0) is 62.9 Å². The number of aryl methyl sites for hydroxylation is 3. The monoisotopic (exact) mass is 396 g/mol. The fraction of sp³-hybridized carbons (Fsp3) is 0.417. The fourth-order valence-electron chi connectivity index (χ4n) is 3.23. The molecule has 0 aliphatic heterocycles. The fourth-order valence-corrected chi connectivity index (χ4v) is 3.23. The highest BCUT2D eigenvalue weighted by molar-refractivity contribution is 5.87. The molecule has 1 atom stereocenters. The molecule has 0 heterocycles. The van der Waals surface area contributed by atoms with E-state index in [9.17, 15) is 9.59 Å². The van der Waals surface area contributed by atoms with E-state index in [1.807, 2.05) is 64.1 Å². The summed E-state index contributed by atoms with van der Waals surface area (Å²) in [6.45, 7) is 10.6. The second-order valence-corrected chi connectivity index (χ2v) is 7.59. The summed E-state index contributed by atoms with van der Waals surface area (Å²) < 4.78 is 5.76. The van der Waals surface area contributed by atoms with Gasteiger partial charge in [0.05, 0.1) is 0 Å². The zero-order valence-electron chi connectivity index (χ0n) is 18.1. The maximum absolute atomic E-state index is 13.0. The van der Waals surface area contributed by atoms with Gasteiger partial charge in [0, 0.05) is 13.1 Å². The van der Waals surface area contributed by atoms with Crippen LogP contribution in [0.5, 0.6) is 5.75 Å². The molecule has 0 unspecified atom stereocenters. The number of hydrogen-bond donors (Lipinski definition) is 1. The Morgan fingerprint density at radius 2 is 1.72 bits per heavy atom. The number of carbonyl (C=O) groups is 2. The summed E-state index contributed by atoms with van der Waals surface area (Å²) in [4.78, 5) is 27.1. The third-order valence-electron chi connectivity index (χ3n) is 4.71. The number of ether oxygens (including phenoxy) is 1. The molecule has 0 aromatic heterocycles. The lowest BCUT2D eigenvalue weighted by molar-refractivity contribution is -0.142. The summed E-state index contributed by atoms with van der Waals surface area (Å²) >= 11 is 0. The van der Waals surface area contributed by atoms with Gasteiger partial charge in [-0.2, -0.15) is 0 Å². The van der Waals surface area contributed by atoms with Gasteiger partial charge in [-0.1, -0.05) is 42.8 Å². The van der Waals surface area contributed by atoms with Crippen molar-refractivity contribution in [3.05, 3.63) is 64.7 Å². The highest BCUT2D eigenvalue weighted by Gasteiger charge is 2.26. The van der Waals surface area contributed by atoms with Crippen LogP contribution in [0.25, 0.3) is 0 Å². The molecule has 0 radical (unpaired) electrons. The van der Waals surface area contributed by atoms with Gasteiger partial charge in [-0.3, -0.25) is 9.59 Å². The largest absolute Gasteiger partial charge is 0.484 e. The Morgan fingerprint density at radius 3 is 2.34 bits per heavy atom. The van der Waals surface area contributed by atoms with Crippen LogP contribution in [0.15, 0.2) is 42.5 Å². The maximum Gasteiger partial charge on any atom is 0.261 e. The minimum atomic E-state index is -0.586. The standard InChI is InChI=1S/C24H32N2O3/c1-6-10-25-24(28)20(5)26(15-21-9-7-8-17(2)12-21)23(27)16-29-22-13-18(3)11-19(4)14-22/h7-9,11-14,20H,6,10,15-16H2,1-5H3,(H,25,28)/t20-/m1/s1. The van der Waals surface area contributed by atoms with Crippen molar-refractivity contribution in [3.8, 4) is 5.75 Å². The summed E-state index contributed by atoms with van der Waals surface area (Å²) in [6, 6.07) is 13.2. The Balaban J connectivity index is 2.15. The zero-order valence-corrected chi connectivity index (χ0v) is 18.1. The lowest BCUT2D eigenvalue weighted by atomic mass is 10.1. The second-order valence-electron chi connectivity index (χ2n) is 7.59. The van der Waals surface area contributed by atoms with E-state index < -0.39 is 6.04 Å². The van der Waals surface area contributed by atoms with Gasteiger partial charge in [0.25, 0.3) is 5.91 Å². The van der Waals surface area contributed by atoms with Gasteiger partial charge in [0.1, 0.15) is 11.8 Å². The van der Waals surface area contributed by atoms with E-state index in [1.165, 1.54) is 0 Å². The molecule has 29 heavy (non-hydrogen) atoms. The number of nitrogens with one attached hydrogen (secondary N) is 1. The molecule has 0 aliphatic carbocycles. The summed E-state index contributed by atoms with van der Waals surface area (Å²) in [5, 5.41) is 2.88. The first-order valence-electron chi connectivity index (χ1n) is 10.1. The smallest absolute Gasteiger partial charge is 0.261 e. The predicted molar refractivity (Wildman–Crippen MR) is 116 cm³/mol. The predicted octanol–water partition coefficient (Wildman–Crippen LogP) is 3.93. The van der Waals surface area contributed by atoms with E-state index in [0.29, 0.717) is 18.8 Å². The van der Waals surface area contributed by atoms with Crippen LogP contribution < -0.4 is 10.1 Å². The Hall–Kier alpha value is -2.82. The summed E-state index contributed by atoms with van der Waals surface area (Å²) in [5.74, 6) is 0.290. The van der Waals surface area contributed by atoms with E-state index in [2.05, 4.69) is 11.4 Å². The molecule has 2 aromatic rings. The Kier molecular flexibility index (Phi) is 8.25. The molecule has 0 spiro atoms. The lowest BCUT2D eigenvalue weighted by Crippen LogP contribution is -2.49. The highest BCUT2D eigenvalue weighted by atomic mass is 16.5. The van der Waals surface area contributed by atoms with E-state index in [-0.39, 0.29) is 18.4 Å². The molecule has 2 amide bonds. The second kappa shape index (κ2) is 10.6. The average molecular weight is 397 g/mol. The third-order valence-corrected chi connectivity index (χ3v) is 4.71. The van der Waals surface area contributed by atoms with Crippen LogP contribution in [-0.4, -0.2) is 35.9 Å². The van der Waals surface area contributed by atoms with Crippen molar-refractivity contribution in [1.29, 1.82) is 0 Å². The van der Waals surface area contributed by atoms with Gasteiger partial charge >= 0.3 is 0 Å². The normalized spacial score (nSPS) is 11.6. The first-order chi connectivity index (χ1) is 13.8. The lowest BCUT2D eigenvalue weighted by Gasteiger charge is -2.29. The van der Waals surface area contributed by atoms with E-state index in [1.54, 1.807) is 11.8 Å². The molecule has 5 heteroatoms. The Bertz CT molecular complexity index is 828. The molecule has 2 rings (SSSR count). The molecule has 0 saturated heterocycles. The van der Waals surface area contributed by atoms with Crippen LogP contribution in [0.4, 0.5) is 0 Å². The van der Waals surface area contributed by atoms with Crippen LogP contribution in [-0.2, 0) is 16.1 Å². The molecule has 0 fully saturated rings. The average Bonchev–Trinajstić information content (AvgIpc) is 2.67. The number of hydrogen-bond acceptors (Lipinski definition) is 3. The molecule has 0 saturated carbocycles. The third kappa shape index (κ3) is 6.93. The molecule has 5 nitrogen and oxygen atoms in total. The number of amides is 2. The van der Waals surface area contributed by atoms with Crippen molar-refractivity contribution >= 4 is 11.8 Å². The molecular weight excluding hydrogens is 364 g/mol. The van der Waals surface area contributed by atoms with Gasteiger partial charge < -0.3 is 15.0 Å². The van der Waals surface area contributed by atoms with Crippen LogP contribution in [0, 0.1) is 20.8 Å². The van der Waals surface area contributed by atoms with Crippen molar-refractivity contribution in [2.45, 2.75) is 53.6 Å².